The Labute approximate surface area is 110 Å². The molecule has 1 aliphatic carbocycles. The first-order valence-corrected chi connectivity index (χ1v) is 7.04. The van der Waals surface area contributed by atoms with Gasteiger partial charge in [-0.05, 0) is 33.4 Å². The molecule has 1 aliphatic heterocycles. The number of hydrogen-bond acceptors (Lipinski definition) is 3. The van der Waals surface area contributed by atoms with Gasteiger partial charge in [0.05, 0.1) is 5.41 Å². The molecule has 0 N–H and O–H groups in total. The topological polar surface area (TPSA) is 32.8 Å². The quantitative estimate of drug-likeness (QED) is 0.742. The highest BCUT2D eigenvalue weighted by Crippen LogP contribution is 2.43. The zero-order valence-corrected chi connectivity index (χ0v) is 11.9. The maximum Gasteiger partial charge on any atom is 0.228 e. The van der Waals surface area contributed by atoms with Gasteiger partial charge in [0, 0.05) is 32.8 Å². The van der Waals surface area contributed by atoms with E-state index in [-0.39, 0.29) is 5.41 Å². The third-order valence-corrected chi connectivity index (χ3v) is 4.68. The molecule has 2 rings (SSSR count). The summed E-state index contributed by atoms with van der Waals surface area (Å²) in [5.74, 6) is 0.384. The number of rotatable bonds is 5. The highest BCUT2D eigenvalue weighted by molar-refractivity contribution is 5.84. The van der Waals surface area contributed by atoms with Crippen molar-refractivity contribution >= 4 is 5.91 Å². The van der Waals surface area contributed by atoms with Crippen molar-refractivity contribution in [2.45, 2.75) is 38.1 Å². The van der Waals surface area contributed by atoms with E-state index >= 15 is 0 Å². The molecule has 4 heteroatoms. The van der Waals surface area contributed by atoms with Crippen molar-refractivity contribution in [3.8, 4) is 0 Å². The van der Waals surface area contributed by atoms with E-state index in [2.05, 4.69) is 19.0 Å². The van der Waals surface area contributed by atoms with Crippen LogP contribution in [0.2, 0.25) is 0 Å². The number of carbonyl (C=O) groups excluding carboxylic acids is 1. The van der Waals surface area contributed by atoms with Gasteiger partial charge in [-0.15, -0.1) is 0 Å². The summed E-state index contributed by atoms with van der Waals surface area (Å²) in [7, 11) is 5.89. The number of hydrogen-bond donors (Lipinski definition) is 0. The number of likely N-dealkylation sites (tertiary alicyclic amines) is 1. The molecule has 0 aromatic carbocycles. The Bertz CT molecular complexity index is 292. The molecule has 2 aliphatic rings. The highest BCUT2D eigenvalue weighted by atomic mass is 16.5. The smallest absolute Gasteiger partial charge is 0.228 e. The lowest BCUT2D eigenvalue weighted by Gasteiger charge is -2.46. The predicted octanol–water partition coefficient (Wildman–Crippen LogP) is 1.36. The zero-order chi connectivity index (χ0) is 13.2. The second kappa shape index (κ2) is 5.57. The van der Waals surface area contributed by atoms with E-state index in [0.29, 0.717) is 18.6 Å². The SMILES string of the molecule is COCCC1(C(=O)N2CC(N(C)C)C2)CCCC1. The fourth-order valence-electron chi connectivity index (χ4n) is 3.20. The molecule has 0 radical (unpaired) electrons. The van der Waals surface area contributed by atoms with Crippen molar-refractivity contribution in [1.29, 1.82) is 0 Å². The zero-order valence-electron chi connectivity index (χ0n) is 11.9. The fraction of sp³-hybridized carbons (Fsp3) is 0.929. The molecule has 0 aromatic rings. The van der Waals surface area contributed by atoms with Gasteiger partial charge in [0.25, 0.3) is 0 Å². The summed E-state index contributed by atoms with van der Waals surface area (Å²) in [6.45, 7) is 2.51. The van der Waals surface area contributed by atoms with Gasteiger partial charge in [-0.3, -0.25) is 4.79 Å². The van der Waals surface area contributed by atoms with Crippen LogP contribution in [0.3, 0.4) is 0 Å². The van der Waals surface area contributed by atoms with Crippen LogP contribution in [0, 0.1) is 5.41 Å². The Morgan fingerprint density at radius 2 is 1.94 bits per heavy atom. The number of ether oxygens (including phenoxy) is 1. The molecule has 1 heterocycles. The van der Waals surface area contributed by atoms with Gasteiger partial charge >= 0.3 is 0 Å². The molecular weight excluding hydrogens is 228 g/mol. The summed E-state index contributed by atoms with van der Waals surface area (Å²) < 4.78 is 5.19. The summed E-state index contributed by atoms with van der Waals surface area (Å²) in [5.41, 5.74) is -0.104. The first-order valence-electron chi connectivity index (χ1n) is 7.04. The number of nitrogens with zero attached hydrogens (tertiary/aromatic N) is 2. The van der Waals surface area contributed by atoms with E-state index in [1.54, 1.807) is 7.11 Å². The van der Waals surface area contributed by atoms with Gasteiger partial charge in [-0.2, -0.15) is 0 Å². The molecule has 1 saturated heterocycles. The number of methoxy groups -OCH3 is 1. The van der Waals surface area contributed by atoms with Crippen LogP contribution in [0.5, 0.6) is 0 Å². The van der Waals surface area contributed by atoms with Gasteiger partial charge in [-0.1, -0.05) is 12.8 Å². The highest BCUT2D eigenvalue weighted by Gasteiger charge is 2.46. The molecule has 0 unspecified atom stereocenters. The van der Waals surface area contributed by atoms with Crippen LogP contribution >= 0.6 is 0 Å². The molecule has 18 heavy (non-hydrogen) atoms. The fourth-order valence-corrected chi connectivity index (χ4v) is 3.20. The van der Waals surface area contributed by atoms with Crippen LogP contribution in [0.4, 0.5) is 0 Å². The summed E-state index contributed by atoms with van der Waals surface area (Å²) in [6, 6.07) is 0.551. The standard InChI is InChI=1S/C14H26N2O2/c1-15(2)12-10-16(11-12)13(17)14(8-9-18-3)6-4-5-7-14/h12H,4-11H2,1-3H3. The van der Waals surface area contributed by atoms with Crippen molar-refractivity contribution in [2.24, 2.45) is 5.41 Å². The normalized spacial score (nSPS) is 23.4. The van der Waals surface area contributed by atoms with Gasteiger partial charge in [0.2, 0.25) is 5.91 Å². The van der Waals surface area contributed by atoms with Crippen molar-refractivity contribution < 1.29 is 9.53 Å². The third-order valence-electron chi connectivity index (χ3n) is 4.68. The maximum atomic E-state index is 12.7. The monoisotopic (exact) mass is 254 g/mol. The lowest BCUT2D eigenvalue weighted by molar-refractivity contribution is -0.150. The van der Waals surface area contributed by atoms with Gasteiger partial charge < -0.3 is 14.5 Å². The first kappa shape index (κ1) is 13.8. The number of likely N-dealkylation sites (N-methyl/N-ethyl adjacent to an activating group) is 1. The average molecular weight is 254 g/mol. The summed E-state index contributed by atoms with van der Waals surface area (Å²) in [6.07, 6.45) is 5.39. The summed E-state index contributed by atoms with van der Waals surface area (Å²) in [5, 5.41) is 0. The lowest BCUT2D eigenvalue weighted by Crippen LogP contribution is -2.62. The van der Waals surface area contributed by atoms with E-state index in [9.17, 15) is 4.79 Å². The van der Waals surface area contributed by atoms with Crippen LogP contribution in [-0.4, -0.2) is 62.7 Å². The Balaban J connectivity index is 1.93. The van der Waals surface area contributed by atoms with Crippen molar-refractivity contribution in [3.05, 3.63) is 0 Å². The van der Waals surface area contributed by atoms with E-state index in [4.69, 9.17) is 4.74 Å². The maximum absolute atomic E-state index is 12.7. The van der Waals surface area contributed by atoms with E-state index in [0.717, 1.165) is 32.4 Å². The van der Waals surface area contributed by atoms with Gasteiger partial charge in [0.1, 0.15) is 0 Å². The average Bonchev–Trinajstić information content (AvgIpc) is 2.73. The van der Waals surface area contributed by atoms with Crippen molar-refractivity contribution in [2.75, 3.05) is 40.9 Å². The molecule has 4 nitrogen and oxygen atoms in total. The van der Waals surface area contributed by atoms with E-state index < -0.39 is 0 Å². The van der Waals surface area contributed by atoms with Gasteiger partial charge in [-0.25, -0.2) is 0 Å². The number of carbonyl (C=O) groups is 1. The molecule has 0 atom stereocenters. The summed E-state index contributed by atoms with van der Waals surface area (Å²) in [4.78, 5) is 16.9. The van der Waals surface area contributed by atoms with E-state index in [1.807, 2.05) is 4.90 Å². The van der Waals surface area contributed by atoms with Crippen LogP contribution in [0.1, 0.15) is 32.1 Å². The van der Waals surface area contributed by atoms with Crippen molar-refractivity contribution in [3.63, 3.8) is 0 Å². The molecule has 0 aromatic heterocycles. The Hall–Kier alpha value is -0.610. The Kier molecular flexibility index (Phi) is 4.28. The predicted molar refractivity (Wildman–Crippen MR) is 71.4 cm³/mol. The molecule has 2 fully saturated rings. The molecule has 104 valence electrons. The third kappa shape index (κ3) is 2.54. The Morgan fingerprint density at radius 1 is 1.33 bits per heavy atom. The molecular formula is C14H26N2O2. The Morgan fingerprint density at radius 3 is 2.44 bits per heavy atom. The minimum atomic E-state index is -0.104. The van der Waals surface area contributed by atoms with Crippen LogP contribution in [0.25, 0.3) is 0 Å². The second-order valence-electron chi connectivity index (χ2n) is 6.06. The van der Waals surface area contributed by atoms with Crippen LogP contribution in [-0.2, 0) is 9.53 Å². The van der Waals surface area contributed by atoms with Crippen LogP contribution in [0.15, 0.2) is 0 Å². The van der Waals surface area contributed by atoms with Crippen molar-refractivity contribution in [1.82, 2.24) is 9.80 Å². The van der Waals surface area contributed by atoms with E-state index in [1.165, 1.54) is 12.8 Å². The molecule has 0 bridgehead atoms. The number of amides is 1. The van der Waals surface area contributed by atoms with Gasteiger partial charge in [0.15, 0.2) is 0 Å². The first-order chi connectivity index (χ1) is 8.59. The largest absolute Gasteiger partial charge is 0.385 e. The minimum absolute atomic E-state index is 0.104. The summed E-state index contributed by atoms with van der Waals surface area (Å²) >= 11 is 0. The molecule has 1 saturated carbocycles. The lowest BCUT2D eigenvalue weighted by atomic mass is 9.80. The molecule has 1 amide bonds. The second-order valence-corrected chi connectivity index (χ2v) is 6.06. The molecule has 0 spiro atoms. The van der Waals surface area contributed by atoms with Crippen LogP contribution < -0.4 is 0 Å². The minimum Gasteiger partial charge on any atom is -0.385 e.